The highest BCUT2D eigenvalue weighted by Gasteiger charge is 2.24. The van der Waals surface area contributed by atoms with Gasteiger partial charge in [-0.2, -0.15) is 0 Å². The van der Waals surface area contributed by atoms with Crippen LogP contribution in [0, 0.1) is 5.41 Å². The molecule has 0 aliphatic heterocycles. The third-order valence-corrected chi connectivity index (χ3v) is 3.64. The molecular formula is C16H25NO. The van der Waals surface area contributed by atoms with Crippen LogP contribution in [0.1, 0.15) is 43.9 Å². The Morgan fingerprint density at radius 3 is 2.89 bits per heavy atom. The van der Waals surface area contributed by atoms with Gasteiger partial charge in [0.05, 0.1) is 12.7 Å². The Morgan fingerprint density at radius 2 is 2.11 bits per heavy atom. The summed E-state index contributed by atoms with van der Waals surface area (Å²) in [6.45, 7) is 6.30. The Kier molecular flexibility index (Phi) is 4.41. The predicted octanol–water partition coefficient (Wildman–Crippen LogP) is 3.33. The first-order valence-corrected chi connectivity index (χ1v) is 6.96. The Balaban J connectivity index is 1.99. The van der Waals surface area contributed by atoms with Crippen LogP contribution in [0.25, 0.3) is 0 Å². The van der Waals surface area contributed by atoms with Crippen molar-refractivity contribution in [2.75, 3.05) is 20.2 Å². The summed E-state index contributed by atoms with van der Waals surface area (Å²) in [4.78, 5) is 0. The second-order valence-electron chi connectivity index (χ2n) is 6.09. The molecule has 2 heteroatoms. The zero-order valence-corrected chi connectivity index (χ0v) is 11.8. The first-order valence-electron chi connectivity index (χ1n) is 6.96. The van der Waals surface area contributed by atoms with Gasteiger partial charge < -0.3 is 10.1 Å². The molecule has 1 unspecified atom stereocenters. The highest BCUT2D eigenvalue weighted by atomic mass is 16.5. The molecule has 1 N–H and O–H groups in total. The lowest BCUT2D eigenvalue weighted by atomic mass is 9.89. The van der Waals surface area contributed by atoms with Gasteiger partial charge in [0, 0.05) is 12.0 Å². The SMILES string of the molecule is CNCC(C)(C)COC1CCCc2ccccc21. The molecule has 0 spiro atoms. The van der Waals surface area contributed by atoms with E-state index in [0.29, 0.717) is 6.10 Å². The monoisotopic (exact) mass is 247 g/mol. The van der Waals surface area contributed by atoms with Gasteiger partial charge in [0.25, 0.3) is 0 Å². The van der Waals surface area contributed by atoms with Crippen LogP contribution in [-0.4, -0.2) is 20.2 Å². The number of hydrogen-bond acceptors (Lipinski definition) is 2. The number of nitrogens with one attached hydrogen (secondary N) is 1. The van der Waals surface area contributed by atoms with Gasteiger partial charge in [0.15, 0.2) is 0 Å². The van der Waals surface area contributed by atoms with Gasteiger partial charge in [0.1, 0.15) is 0 Å². The van der Waals surface area contributed by atoms with E-state index in [0.717, 1.165) is 19.6 Å². The summed E-state index contributed by atoms with van der Waals surface area (Å²) in [5.74, 6) is 0. The first-order chi connectivity index (χ1) is 8.62. The molecule has 2 rings (SSSR count). The zero-order chi connectivity index (χ0) is 13.0. The van der Waals surface area contributed by atoms with E-state index in [4.69, 9.17) is 4.74 Å². The third-order valence-electron chi connectivity index (χ3n) is 3.64. The van der Waals surface area contributed by atoms with Crippen LogP contribution in [-0.2, 0) is 11.2 Å². The standard InChI is InChI=1S/C16H25NO/c1-16(2,11-17-3)12-18-15-10-6-8-13-7-4-5-9-14(13)15/h4-5,7,9,15,17H,6,8,10-12H2,1-3H3. The molecule has 100 valence electrons. The molecule has 1 aromatic carbocycles. The highest BCUT2D eigenvalue weighted by Crippen LogP contribution is 2.33. The van der Waals surface area contributed by atoms with E-state index < -0.39 is 0 Å². The lowest BCUT2D eigenvalue weighted by Crippen LogP contribution is -2.32. The summed E-state index contributed by atoms with van der Waals surface area (Å²) in [6.07, 6.45) is 3.91. The maximum absolute atomic E-state index is 6.19. The average molecular weight is 247 g/mol. The number of aryl methyl sites for hydroxylation is 1. The number of ether oxygens (including phenoxy) is 1. The van der Waals surface area contributed by atoms with Crippen molar-refractivity contribution in [2.24, 2.45) is 5.41 Å². The van der Waals surface area contributed by atoms with Crippen molar-refractivity contribution in [3.05, 3.63) is 35.4 Å². The lowest BCUT2D eigenvalue weighted by Gasteiger charge is -2.30. The van der Waals surface area contributed by atoms with E-state index >= 15 is 0 Å². The minimum absolute atomic E-state index is 0.196. The van der Waals surface area contributed by atoms with Crippen LogP contribution in [0.5, 0.6) is 0 Å². The molecule has 0 amide bonds. The van der Waals surface area contributed by atoms with E-state index in [1.165, 1.54) is 24.0 Å². The molecular weight excluding hydrogens is 222 g/mol. The molecule has 0 bridgehead atoms. The summed E-state index contributed by atoms with van der Waals surface area (Å²) in [5, 5.41) is 3.23. The topological polar surface area (TPSA) is 21.3 Å². The summed E-state index contributed by atoms with van der Waals surface area (Å²) in [5.41, 5.74) is 3.07. The van der Waals surface area contributed by atoms with Crippen molar-refractivity contribution in [1.29, 1.82) is 0 Å². The fourth-order valence-electron chi connectivity index (χ4n) is 2.74. The van der Waals surface area contributed by atoms with Gasteiger partial charge in [-0.05, 0) is 37.4 Å². The molecule has 0 saturated carbocycles. The molecule has 1 aromatic rings. The normalized spacial score (nSPS) is 19.6. The van der Waals surface area contributed by atoms with E-state index in [-0.39, 0.29) is 5.41 Å². The molecule has 2 nitrogen and oxygen atoms in total. The van der Waals surface area contributed by atoms with Gasteiger partial charge >= 0.3 is 0 Å². The van der Waals surface area contributed by atoms with Gasteiger partial charge in [-0.1, -0.05) is 38.1 Å². The van der Waals surface area contributed by atoms with Crippen LogP contribution >= 0.6 is 0 Å². The van der Waals surface area contributed by atoms with E-state index in [1.807, 2.05) is 7.05 Å². The quantitative estimate of drug-likeness (QED) is 0.861. The van der Waals surface area contributed by atoms with Crippen molar-refractivity contribution in [3.8, 4) is 0 Å². The van der Waals surface area contributed by atoms with Crippen molar-refractivity contribution in [3.63, 3.8) is 0 Å². The summed E-state index contributed by atoms with van der Waals surface area (Å²) in [6, 6.07) is 8.72. The third kappa shape index (κ3) is 3.33. The molecule has 1 aliphatic rings. The molecule has 1 atom stereocenters. The van der Waals surface area contributed by atoms with Crippen LogP contribution in [0.2, 0.25) is 0 Å². The maximum atomic E-state index is 6.19. The molecule has 0 heterocycles. The molecule has 0 radical (unpaired) electrons. The minimum Gasteiger partial charge on any atom is -0.373 e. The van der Waals surface area contributed by atoms with Gasteiger partial charge in [-0.3, -0.25) is 0 Å². The van der Waals surface area contributed by atoms with Crippen LogP contribution in [0.3, 0.4) is 0 Å². The number of benzene rings is 1. The van der Waals surface area contributed by atoms with Crippen molar-refractivity contribution in [1.82, 2.24) is 5.32 Å². The predicted molar refractivity (Wildman–Crippen MR) is 75.8 cm³/mol. The van der Waals surface area contributed by atoms with E-state index in [9.17, 15) is 0 Å². The van der Waals surface area contributed by atoms with Crippen LogP contribution < -0.4 is 5.32 Å². The Labute approximate surface area is 111 Å². The van der Waals surface area contributed by atoms with Crippen molar-refractivity contribution < 1.29 is 4.74 Å². The fourth-order valence-corrected chi connectivity index (χ4v) is 2.74. The number of rotatable bonds is 5. The molecule has 1 aliphatic carbocycles. The van der Waals surface area contributed by atoms with Gasteiger partial charge in [0.2, 0.25) is 0 Å². The maximum Gasteiger partial charge on any atom is 0.0828 e. The smallest absolute Gasteiger partial charge is 0.0828 e. The first kappa shape index (κ1) is 13.6. The largest absolute Gasteiger partial charge is 0.373 e. The Hall–Kier alpha value is -0.860. The van der Waals surface area contributed by atoms with Gasteiger partial charge in [-0.15, -0.1) is 0 Å². The van der Waals surface area contributed by atoms with Crippen molar-refractivity contribution in [2.45, 2.75) is 39.2 Å². The van der Waals surface area contributed by atoms with Crippen molar-refractivity contribution >= 4 is 0 Å². The average Bonchev–Trinajstić information content (AvgIpc) is 2.36. The zero-order valence-electron chi connectivity index (χ0n) is 11.8. The van der Waals surface area contributed by atoms with E-state index in [1.54, 1.807) is 0 Å². The van der Waals surface area contributed by atoms with E-state index in [2.05, 4.69) is 43.4 Å². The van der Waals surface area contributed by atoms with Crippen LogP contribution in [0.15, 0.2) is 24.3 Å². The number of fused-ring (bicyclic) bond motifs is 1. The molecule has 0 saturated heterocycles. The highest BCUT2D eigenvalue weighted by molar-refractivity contribution is 5.31. The second-order valence-corrected chi connectivity index (χ2v) is 6.09. The lowest BCUT2D eigenvalue weighted by molar-refractivity contribution is -0.00614. The second kappa shape index (κ2) is 5.85. The summed E-state index contributed by atoms with van der Waals surface area (Å²) < 4.78 is 6.19. The summed E-state index contributed by atoms with van der Waals surface area (Å²) in [7, 11) is 2.00. The van der Waals surface area contributed by atoms with Gasteiger partial charge in [-0.25, -0.2) is 0 Å². The summed E-state index contributed by atoms with van der Waals surface area (Å²) >= 11 is 0. The fraction of sp³-hybridized carbons (Fsp3) is 0.625. The minimum atomic E-state index is 0.196. The number of hydrogen-bond donors (Lipinski definition) is 1. The molecule has 0 aromatic heterocycles. The Morgan fingerprint density at radius 1 is 1.33 bits per heavy atom. The molecule has 0 fully saturated rings. The molecule has 18 heavy (non-hydrogen) atoms. The Bertz CT molecular complexity index is 386. The van der Waals surface area contributed by atoms with Crippen LogP contribution in [0.4, 0.5) is 0 Å².